The van der Waals surface area contributed by atoms with Crippen LogP contribution in [0.3, 0.4) is 0 Å². The summed E-state index contributed by atoms with van der Waals surface area (Å²) in [6, 6.07) is 6.87. The van der Waals surface area contributed by atoms with Gasteiger partial charge in [-0.3, -0.25) is 9.80 Å². The molecule has 222 valence electrons. The van der Waals surface area contributed by atoms with Crippen LogP contribution in [0.1, 0.15) is 80.6 Å². The minimum Gasteiger partial charge on any atom is -0.367 e. The number of nitrogens with zero attached hydrogens (tertiary/aromatic N) is 5. The van der Waals surface area contributed by atoms with Gasteiger partial charge in [0.25, 0.3) is 0 Å². The second-order valence-electron chi connectivity index (χ2n) is 13.2. The van der Waals surface area contributed by atoms with E-state index in [1.54, 1.807) is 0 Å². The molecule has 0 radical (unpaired) electrons. The Morgan fingerprint density at radius 3 is 2.33 bits per heavy atom. The van der Waals surface area contributed by atoms with Gasteiger partial charge in [-0.2, -0.15) is 4.98 Å². The summed E-state index contributed by atoms with van der Waals surface area (Å²) >= 11 is 6.70. The zero-order chi connectivity index (χ0) is 29.2. The van der Waals surface area contributed by atoms with Gasteiger partial charge in [-0.05, 0) is 92.6 Å². The first-order chi connectivity index (χ1) is 18.8. The highest BCUT2D eigenvalue weighted by Crippen LogP contribution is 2.38. The summed E-state index contributed by atoms with van der Waals surface area (Å²) in [6.45, 7) is 18.8. The van der Waals surface area contributed by atoms with Crippen molar-refractivity contribution in [3.8, 4) is 0 Å². The van der Waals surface area contributed by atoms with Gasteiger partial charge < -0.3 is 15.5 Å². The van der Waals surface area contributed by atoms with E-state index in [2.05, 4.69) is 96.9 Å². The van der Waals surface area contributed by atoms with Gasteiger partial charge >= 0.3 is 0 Å². The number of rotatable bonds is 9. The van der Waals surface area contributed by atoms with Crippen molar-refractivity contribution in [2.75, 3.05) is 42.2 Å². The predicted molar refractivity (Wildman–Crippen MR) is 167 cm³/mol. The van der Waals surface area contributed by atoms with E-state index in [0.29, 0.717) is 18.0 Å². The van der Waals surface area contributed by atoms with Crippen molar-refractivity contribution in [3.05, 3.63) is 35.2 Å². The fraction of sp³-hybridized carbons (Fsp3) is 0.677. The molecule has 0 bridgehead atoms. The highest BCUT2D eigenvalue weighted by molar-refractivity contribution is 6.33. The topological polar surface area (TPSA) is 59.6 Å². The quantitative estimate of drug-likeness (QED) is 0.308. The molecule has 2 saturated heterocycles. The van der Waals surface area contributed by atoms with Gasteiger partial charge in [0.05, 0.1) is 16.9 Å². The third kappa shape index (κ3) is 7.00. The van der Waals surface area contributed by atoms with E-state index in [0.717, 1.165) is 48.9 Å². The molecule has 1 aromatic heterocycles. The molecular weight excluding hydrogens is 525 g/mol. The van der Waals surface area contributed by atoms with Crippen LogP contribution >= 0.6 is 11.6 Å². The average Bonchev–Trinajstić information content (AvgIpc) is 2.87. The van der Waals surface area contributed by atoms with Crippen LogP contribution in [-0.2, 0) is 0 Å². The lowest BCUT2D eigenvalue weighted by atomic mass is 9.77. The Balaban J connectivity index is 1.47. The summed E-state index contributed by atoms with van der Waals surface area (Å²) in [5.74, 6) is 0.137. The predicted octanol–water partition coefficient (Wildman–Crippen LogP) is 7.17. The fourth-order valence-electron chi connectivity index (χ4n) is 6.70. The highest BCUT2D eigenvalue weighted by atomic mass is 35.5. The number of hydrogen-bond acceptors (Lipinski definition) is 7. The highest BCUT2D eigenvalue weighted by Gasteiger charge is 2.43. The monoisotopic (exact) mass is 573 g/mol. The number of nitrogens with one attached hydrogen (secondary N) is 2. The largest absolute Gasteiger partial charge is 0.367 e. The van der Waals surface area contributed by atoms with Crippen LogP contribution in [-0.4, -0.2) is 75.7 Å². The van der Waals surface area contributed by atoms with Gasteiger partial charge in [0.1, 0.15) is 0 Å². The van der Waals surface area contributed by atoms with Crippen molar-refractivity contribution in [2.45, 2.75) is 110 Å². The molecule has 2 aliphatic rings. The molecule has 0 spiro atoms. The van der Waals surface area contributed by atoms with E-state index < -0.39 is 5.82 Å². The van der Waals surface area contributed by atoms with Crippen molar-refractivity contribution in [3.63, 3.8) is 0 Å². The Morgan fingerprint density at radius 1 is 1.05 bits per heavy atom. The molecule has 0 aliphatic carbocycles. The van der Waals surface area contributed by atoms with E-state index in [-0.39, 0.29) is 22.9 Å². The molecule has 2 aliphatic heterocycles. The first-order valence-electron chi connectivity index (χ1n) is 14.9. The number of aromatic nitrogens is 2. The van der Waals surface area contributed by atoms with Gasteiger partial charge in [-0.1, -0.05) is 31.4 Å². The Hall–Kier alpha value is -2.16. The van der Waals surface area contributed by atoms with Crippen LogP contribution in [0.2, 0.25) is 5.02 Å². The minimum absolute atomic E-state index is 0.0142. The maximum Gasteiger partial charge on any atom is 0.229 e. The lowest BCUT2D eigenvalue weighted by molar-refractivity contribution is -0.00778. The molecule has 2 unspecified atom stereocenters. The van der Waals surface area contributed by atoms with Crippen LogP contribution in [0.5, 0.6) is 0 Å². The van der Waals surface area contributed by atoms with Crippen LogP contribution < -0.4 is 15.5 Å². The van der Waals surface area contributed by atoms with Crippen molar-refractivity contribution in [1.29, 1.82) is 0 Å². The summed E-state index contributed by atoms with van der Waals surface area (Å²) in [5.41, 5.74) is 1.79. The number of hydrogen-bond donors (Lipinski definition) is 2. The number of piperazine rings is 1. The lowest BCUT2D eigenvalue weighted by Gasteiger charge is -2.53. The van der Waals surface area contributed by atoms with Gasteiger partial charge in [0.15, 0.2) is 11.6 Å². The summed E-state index contributed by atoms with van der Waals surface area (Å²) in [7, 11) is 2.17. The minimum atomic E-state index is -0.448. The molecule has 0 amide bonds. The number of likely N-dealkylation sites (tertiary alicyclic amines) is 1. The smallest absolute Gasteiger partial charge is 0.229 e. The average molecular weight is 574 g/mol. The summed E-state index contributed by atoms with van der Waals surface area (Å²) < 4.78 is 14.8. The Labute approximate surface area is 245 Å². The number of anilines is 4. The third-order valence-corrected chi connectivity index (χ3v) is 9.38. The molecule has 2 aromatic rings. The number of unbranched alkanes of at least 4 members (excludes halogenated alkanes) is 2. The van der Waals surface area contributed by atoms with Crippen LogP contribution in [0.15, 0.2) is 24.4 Å². The molecule has 4 rings (SSSR count). The maximum atomic E-state index is 14.8. The molecule has 2 N–H and O–H groups in total. The summed E-state index contributed by atoms with van der Waals surface area (Å²) in [6.07, 6.45) is 6.77. The number of halogens is 2. The second-order valence-corrected chi connectivity index (χ2v) is 13.6. The first kappa shape index (κ1) is 30.8. The Bertz CT molecular complexity index is 1130. The molecule has 40 heavy (non-hydrogen) atoms. The zero-order valence-electron chi connectivity index (χ0n) is 25.7. The molecule has 0 saturated carbocycles. The molecule has 2 atom stereocenters. The Kier molecular flexibility index (Phi) is 9.53. The van der Waals surface area contributed by atoms with Gasteiger partial charge in [0.2, 0.25) is 5.95 Å². The summed E-state index contributed by atoms with van der Waals surface area (Å²) in [5, 5.41) is 7.39. The van der Waals surface area contributed by atoms with Crippen molar-refractivity contribution < 1.29 is 4.39 Å². The van der Waals surface area contributed by atoms with Gasteiger partial charge in [-0.15, -0.1) is 0 Å². The lowest BCUT2D eigenvalue weighted by Crippen LogP contribution is -2.61. The molecule has 2 fully saturated rings. The fourth-order valence-corrected chi connectivity index (χ4v) is 6.93. The SMILES string of the molecule is CCCCCN1C(C)CN(c2cc(Nc3ncc(F)c(NC4CC(C)(C)N(C)C(C)(C)C4)n3)ccc2Cl)CC1C. The van der Waals surface area contributed by atoms with E-state index >= 15 is 0 Å². The van der Waals surface area contributed by atoms with E-state index in [1.807, 2.05) is 12.1 Å². The molecule has 1 aromatic carbocycles. The van der Waals surface area contributed by atoms with E-state index in [4.69, 9.17) is 11.6 Å². The van der Waals surface area contributed by atoms with Gasteiger partial charge in [0, 0.05) is 48.0 Å². The van der Waals surface area contributed by atoms with Crippen LogP contribution in [0.25, 0.3) is 0 Å². The van der Waals surface area contributed by atoms with Crippen molar-refractivity contribution in [1.82, 2.24) is 19.8 Å². The molecular formula is C31H49ClFN7. The van der Waals surface area contributed by atoms with Crippen molar-refractivity contribution >= 4 is 34.7 Å². The Morgan fingerprint density at radius 2 is 1.70 bits per heavy atom. The normalized spacial score (nSPS) is 23.8. The molecule has 3 heterocycles. The standard InChI is InChI=1S/C31H49ClFN7/c1-9-10-11-14-40-21(2)19-39(20-22(40)3)27-15-23(12-13-25(27)32)36-29-34-18-26(33)28(37-29)35-24-16-30(4,5)38(8)31(6,7)17-24/h12-13,15,18,21-22,24H,9-11,14,16-17,19-20H2,1-8H3,(H2,34,35,36,37). The molecule has 9 heteroatoms. The number of piperidine rings is 1. The maximum absolute atomic E-state index is 14.8. The zero-order valence-corrected chi connectivity index (χ0v) is 26.4. The van der Waals surface area contributed by atoms with E-state index in [9.17, 15) is 4.39 Å². The third-order valence-electron chi connectivity index (χ3n) is 9.06. The second kappa shape index (κ2) is 12.4. The number of benzene rings is 1. The molecule has 7 nitrogen and oxygen atoms in total. The van der Waals surface area contributed by atoms with Crippen LogP contribution in [0.4, 0.5) is 27.5 Å². The summed E-state index contributed by atoms with van der Waals surface area (Å²) in [4.78, 5) is 16.2. The first-order valence-corrected chi connectivity index (χ1v) is 15.3. The van der Waals surface area contributed by atoms with E-state index in [1.165, 1.54) is 25.5 Å². The van der Waals surface area contributed by atoms with Gasteiger partial charge in [-0.25, -0.2) is 9.37 Å². The van der Waals surface area contributed by atoms with Crippen LogP contribution in [0, 0.1) is 5.82 Å². The van der Waals surface area contributed by atoms with Crippen molar-refractivity contribution in [2.24, 2.45) is 0 Å².